The second-order valence-corrected chi connectivity index (χ2v) is 5.39. The van der Waals surface area contributed by atoms with Gasteiger partial charge in [-0.15, -0.1) is 5.10 Å². The summed E-state index contributed by atoms with van der Waals surface area (Å²) in [4.78, 5) is 0. The average molecular weight is 301 g/mol. The van der Waals surface area contributed by atoms with E-state index in [4.69, 9.17) is 16.3 Å². The summed E-state index contributed by atoms with van der Waals surface area (Å²) in [6, 6.07) is 16.0. The number of fused-ring (bicyclic) bond motifs is 1. The van der Waals surface area contributed by atoms with Crippen LogP contribution in [0.5, 0.6) is 5.88 Å². The standard InChI is InChI=1S/C17H17ClN2O/c1-2-11-21-17-15-5-3-4-6-16(15)20(19-17)12-13-7-9-14(18)10-8-13/h3-10H,2,11-12H2,1H3. The molecule has 108 valence electrons. The normalized spacial score (nSPS) is 11.0. The number of ether oxygens (including phenoxy) is 1. The number of para-hydroxylation sites is 1. The maximum atomic E-state index is 5.93. The first-order valence-electron chi connectivity index (χ1n) is 7.10. The van der Waals surface area contributed by atoms with E-state index < -0.39 is 0 Å². The highest BCUT2D eigenvalue weighted by Gasteiger charge is 2.11. The third kappa shape index (κ3) is 3.03. The molecule has 0 aliphatic carbocycles. The number of rotatable bonds is 5. The molecule has 0 fully saturated rings. The zero-order valence-electron chi connectivity index (χ0n) is 11.9. The Hall–Kier alpha value is -2.00. The van der Waals surface area contributed by atoms with Gasteiger partial charge in [0.2, 0.25) is 5.88 Å². The lowest BCUT2D eigenvalue weighted by Gasteiger charge is -2.03. The maximum Gasteiger partial charge on any atom is 0.240 e. The van der Waals surface area contributed by atoms with Crippen molar-refractivity contribution < 1.29 is 4.74 Å². The van der Waals surface area contributed by atoms with Gasteiger partial charge in [0, 0.05) is 5.02 Å². The zero-order chi connectivity index (χ0) is 14.7. The molecule has 4 heteroatoms. The summed E-state index contributed by atoms with van der Waals surface area (Å²) in [7, 11) is 0. The van der Waals surface area contributed by atoms with Crippen LogP contribution >= 0.6 is 11.6 Å². The van der Waals surface area contributed by atoms with Crippen LogP contribution in [0.15, 0.2) is 48.5 Å². The lowest BCUT2D eigenvalue weighted by atomic mass is 10.2. The maximum absolute atomic E-state index is 5.93. The van der Waals surface area contributed by atoms with Gasteiger partial charge in [-0.1, -0.05) is 42.8 Å². The van der Waals surface area contributed by atoms with Crippen molar-refractivity contribution in [3.8, 4) is 5.88 Å². The number of hydrogen-bond donors (Lipinski definition) is 0. The molecule has 0 atom stereocenters. The fourth-order valence-corrected chi connectivity index (χ4v) is 2.41. The van der Waals surface area contributed by atoms with E-state index in [9.17, 15) is 0 Å². The smallest absolute Gasteiger partial charge is 0.240 e. The lowest BCUT2D eigenvalue weighted by Crippen LogP contribution is -2.02. The number of hydrogen-bond acceptors (Lipinski definition) is 2. The average Bonchev–Trinajstić information content (AvgIpc) is 2.86. The monoisotopic (exact) mass is 300 g/mol. The van der Waals surface area contributed by atoms with E-state index in [2.05, 4.69) is 18.1 Å². The molecule has 21 heavy (non-hydrogen) atoms. The second kappa shape index (κ2) is 6.19. The Labute approximate surface area is 129 Å². The van der Waals surface area contributed by atoms with Gasteiger partial charge < -0.3 is 4.74 Å². The van der Waals surface area contributed by atoms with Crippen molar-refractivity contribution in [1.29, 1.82) is 0 Å². The Bertz CT molecular complexity index is 734. The number of benzene rings is 2. The van der Waals surface area contributed by atoms with Crippen molar-refractivity contribution in [3.63, 3.8) is 0 Å². The number of nitrogens with zero attached hydrogens (tertiary/aromatic N) is 2. The topological polar surface area (TPSA) is 27.1 Å². The molecule has 0 saturated carbocycles. The quantitative estimate of drug-likeness (QED) is 0.692. The highest BCUT2D eigenvalue weighted by atomic mass is 35.5. The molecular weight excluding hydrogens is 284 g/mol. The molecule has 3 rings (SSSR count). The van der Waals surface area contributed by atoms with Gasteiger partial charge in [-0.25, -0.2) is 0 Å². The van der Waals surface area contributed by atoms with Crippen LogP contribution < -0.4 is 4.74 Å². The Morgan fingerprint density at radius 2 is 1.86 bits per heavy atom. The SMILES string of the molecule is CCCOc1nn(Cc2ccc(Cl)cc2)c2ccccc12. The molecule has 1 aromatic heterocycles. The first-order chi connectivity index (χ1) is 10.3. The Morgan fingerprint density at radius 3 is 2.62 bits per heavy atom. The van der Waals surface area contributed by atoms with Gasteiger partial charge in [0.05, 0.1) is 24.1 Å². The van der Waals surface area contributed by atoms with E-state index in [1.807, 2.05) is 47.1 Å². The molecule has 2 aromatic carbocycles. The van der Waals surface area contributed by atoms with E-state index in [0.29, 0.717) is 19.0 Å². The van der Waals surface area contributed by atoms with Crippen LogP contribution in [-0.4, -0.2) is 16.4 Å². The van der Waals surface area contributed by atoms with Crippen LogP contribution in [0.1, 0.15) is 18.9 Å². The Kier molecular flexibility index (Phi) is 4.11. The molecule has 0 saturated heterocycles. The van der Waals surface area contributed by atoms with Crippen LogP contribution in [0.2, 0.25) is 5.02 Å². The molecule has 0 unspecified atom stereocenters. The van der Waals surface area contributed by atoms with Crippen LogP contribution in [0.4, 0.5) is 0 Å². The minimum Gasteiger partial charge on any atom is -0.476 e. The summed E-state index contributed by atoms with van der Waals surface area (Å²) in [5, 5.41) is 6.41. The van der Waals surface area contributed by atoms with Crippen molar-refractivity contribution in [2.75, 3.05) is 6.61 Å². The van der Waals surface area contributed by atoms with Gasteiger partial charge in [0.25, 0.3) is 0 Å². The van der Waals surface area contributed by atoms with E-state index in [0.717, 1.165) is 27.9 Å². The minimum absolute atomic E-state index is 0.682. The fraction of sp³-hybridized carbons (Fsp3) is 0.235. The van der Waals surface area contributed by atoms with E-state index in [-0.39, 0.29) is 0 Å². The van der Waals surface area contributed by atoms with Crippen molar-refractivity contribution >= 4 is 22.5 Å². The molecule has 0 amide bonds. The van der Waals surface area contributed by atoms with Gasteiger partial charge in [-0.3, -0.25) is 4.68 Å². The molecule has 0 aliphatic rings. The van der Waals surface area contributed by atoms with Crippen LogP contribution in [-0.2, 0) is 6.54 Å². The number of aromatic nitrogens is 2. The van der Waals surface area contributed by atoms with Gasteiger partial charge in [0.1, 0.15) is 0 Å². The molecule has 0 bridgehead atoms. The second-order valence-electron chi connectivity index (χ2n) is 4.95. The van der Waals surface area contributed by atoms with Gasteiger partial charge in [-0.2, -0.15) is 0 Å². The molecule has 1 heterocycles. The van der Waals surface area contributed by atoms with Crippen LogP contribution in [0, 0.1) is 0 Å². The molecule has 0 spiro atoms. The molecule has 0 N–H and O–H groups in total. The lowest BCUT2D eigenvalue weighted by molar-refractivity contribution is 0.304. The van der Waals surface area contributed by atoms with Gasteiger partial charge in [0.15, 0.2) is 0 Å². The largest absolute Gasteiger partial charge is 0.476 e. The number of halogens is 1. The molecule has 3 nitrogen and oxygen atoms in total. The molecular formula is C17H17ClN2O. The summed E-state index contributed by atoms with van der Waals surface area (Å²) in [5.41, 5.74) is 2.24. The summed E-state index contributed by atoms with van der Waals surface area (Å²) >= 11 is 5.93. The zero-order valence-corrected chi connectivity index (χ0v) is 12.7. The van der Waals surface area contributed by atoms with Crippen LogP contribution in [0.3, 0.4) is 0 Å². The Balaban J connectivity index is 1.96. The third-order valence-electron chi connectivity index (χ3n) is 3.31. The van der Waals surface area contributed by atoms with Gasteiger partial charge >= 0.3 is 0 Å². The highest BCUT2D eigenvalue weighted by Crippen LogP contribution is 2.25. The highest BCUT2D eigenvalue weighted by molar-refractivity contribution is 6.30. The first kappa shape index (κ1) is 14.0. The minimum atomic E-state index is 0.682. The predicted octanol–water partition coefficient (Wildman–Crippen LogP) is 4.53. The van der Waals surface area contributed by atoms with Crippen molar-refractivity contribution in [2.24, 2.45) is 0 Å². The third-order valence-corrected chi connectivity index (χ3v) is 3.56. The van der Waals surface area contributed by atoms with Crippen molar-refractivity contribution in [3.05, 3.63) is 59.1 Å². The fourth-order valence-electron chi connectivity index (χ4n) is 2.29. The van der Waals surface area contributed by atoms with Crippen molar-refractivity contribution in [1.82, 2.24) is 9.78 Å². The van der Waals surface area contributed by atoms with Crippen LogP contribution in [0.25, 0.3) is 10.9 Å². The summed E-state index contributed by atoms with van der Waals surface area (Å²) in [5.74, 6) is 0.710. The van der Waals surface area contributed by atoms with E-state index in [1.54, 1.807) is 0 Å². The summed E-state index contributed by atoms with van der Waals surface area (Å²) < 4.78 is 7.73. The summed E-state index contributed by atoms with van der Waals surface area (Å²) in [6.45, 7) is 3.47. The molecule has 0 aliphatic heterocycles. The molecule has 3 aromatic rings. The predicted molar refractivity (Wildman–Crippen MR) is 86.1 cm³/mol. The van der Waals surface area contributed by atoms with E-state index in [1.165, 1.54) is 0 Å². The molecule has 0 radical (unpaired) electrons. The van der Waals surface area contributed by atoms with E-state index >= 15 is 0 Å². The Morgan fingerprint density at radius 1 is 1.10 bits per heavy atom. The summed E-state index contributed by atoms with van der Waals surface area (Å²) in [6.07, 6.45) is 0.971. The first-order valence-corrected chi connectivity index (χ1v) is 7.48. The van der Waals surface area contributed by atoms with Gasteiger partial charge in [-0.05, 0) is 36.2 Å². The van der Waals surface area contributed by atoms with Crippen molar-refractivity contribution in [2.45, 2.75) is 19.9 Å².